The van der Waals surface area contributed by atoms with Gasteiger partial charge in [-0.1, -0.05) is 58.8 Å². The number of rotatable bonds is 12. The predicted molar refractivity (Wildman–Crippen MR) is 111 cm³/mol. The lowest BCUT2D eigenvalue weighted by Gasteiger charge is -2.39. The van der Waals surface area contributed by atoms with Gasteiger partial charge in [0.15, 0.2) is 0 Å². The summed E-state index contributed by atoms with van der Waals surface area (Å²) >= 11 is 4.57. The Kier molecular flexibility index (Phi) is 9.70. The van der Waals surface area contributed by atoms with E-state index < -0.39 is 0 Å². The number of hydrogen-bond donors (Lipinski definition) is 0. The Morgan fingerprint density at radius 3 is 2.38 bits per heavy atom. The minimum Gasteiger partial charge on any atom is -0.337 e. The van der Waals surface area contributed by atoms with E-state index in [9.17, 15) is 0 Å². The van der Waals surface area contributed by atoms with Gasteiger partial charge in [-0.2, -0.15) is 0 Å². The molecule has 138 valence electrons. The Labute approximate surface area is 158 Å². The molecule has 2 heterocycles. The number of nitrogens with zero attached hydrogens (tertiary/aromatic N) is 2. The first kappa shape index (κ1) is 20.2. The van der Waals surface area contributed by atoms with E-state index in [1.165, 1.54) is 75.7 Å². The highest BCUT2D eigenvalue weighted by Gasteiger charge is 2.35. The maximum Gasteiger partial charge on any atom is 0.0945 e. The highest BCUT2D eigenvalue weighted by atomic mass is 32.2. The van der Waals surface area contributed by atoms with Crippen molar-refractivity contribution in [2.24, 2.45) is 5.92 Å². The fourth-order valence-corrected chi connectivity index (χ4v) is 7.23. The van der Waals surface area contributed by atoms with E-state index in [2.05, 4.69) is 53.1 Å². The van der Waals surface area contributed by atoms with E-state index in [0.717, 1.165) is 12.5 Å². The van der Waals surface area contributed by atoms with Crippen LogP contribution in [0.5, 0.6) is 0 Å². The lowest BCUT2D eigenvalue weighted by molar-refractivity contribution is 0.516. The monoisotopic (exact) mass is 368 g/mol. The van der Waals surface area contributed by atoms with Gasteiger partial charge in [0.25, 0.3) is 0 Å². The zero-order chi connectivity index (χ0) is 17.1. The number of aromatic nitrogens is 2. The van der Waals surface area contributed by atoms with Gasteiger partial charge in [-0.25, -0.2) is 4.98 Å². The third-order valence-electron chi connectivity index (χ3n) is 5.19. The Morgan fingerprint density at radius 2 is 1.71 bits per heavy atom. The normalized spacial score (nSPS) is 24.3. The van der Waals surface area contributed by atoms with Gasteiger partial charge < -0.3 is 4.57 Å². The molecule has 0 atom stereocenters. The Morgan fingerprint density at radius 1 is 1.00 bits per heavy atom. The molecular weight excluding hydrogens is 332 g/mol. The number of hydrogen-bond acceptors (Lipinski definition) is 3. The molecule has 1 aliphatic rings. The van der Waals surface area contributed by atoms with Crippen molar-refractivity contribution in [3.63, 3.8) is 0 Å². The summed E-state index contributed by atoms with van der Waals surface area (Å²) in [6.07, 6.45) is 19.8. The van der Waals surface area contributed by atoms with Crippen molar-refractivity contribution in [3.05, 3.63) is 18.7 Å². The molecule has 1 aromatic rings. The van der Waals surface area contributed by atoms with Crippen LogP contribution in [0.2, 0.25) is 0 Å². The summed E-state index contributed by atoms with van der Waals surface area (Å²) in [6.45, 7) is 5.77. The van der Waals surface area contributed by atoms with E-state index in [1.54, 1.807) is 0 Å². The van der Waals surface area contributed by atoms with Crippen molar-refractivity contribution in [1.82, 2.24) is 9.55 Å². The minimum absolute atomic E-state index is 0.497. The topological polar surface area (TPSA) is 17.8 Å². The third-order valence-corrected chi connectivity index (χ3v) is 9.04. The van der Waals surface area contributed by atoms with Crippen LogP contribution in [0.3, 0.4) is 0 Å². The van der Waals surface area contributed by atoms with Crippen molar-refractivity contribution < 1.29 is 0 Å². The summed E-state index contributed by atoms with van der Waals surface area (Å²) in [6, 6.07) is 0. The van der Waals surface area contributed by atoms with E-state index in [0.29, 0.717) is 4.08 Å². The van der Waals surface area contributed by atoms with E-state index in [4.69, 9.17) is 0 Å². The molecule has 0 saturated carbocycles. The van der Waals surface area contributed by atoms with Crippen LogP contribution in [-0.2, 0) is 6.54 Å². The summed E-state index contributed by atoms with van der Waals surface area (Å²) in [5, 5.41) is 0. The fraction of sp³-hybridized carbons (Fsp3) is 0.850. The van der Waals surface area contributed by atoms with E-state index in [-0.39, 0.29) is 0 Å². The van der Waals surface area contributed by atoms with Gasteiger partial charge in [-0.15, -0.1) is 23.5 Å². The number of thioether (sulfide) groups is 2. The van der Waals surface area contributed by atoms with Crippen LogP contribution < -0.4 is 0 Å². The van der Waals surface area contributed by atoms with Crippen molar-refractivity contribution in [3.8, 4) is 0 Å². The molecule has 0 bridgehead atoms. The van der Waals surface area contributed by atoms with Gasteiger partial charge in [0.1, 0.15) is 0 Å². The minimum atomic E-state index is 0.497. The van der Waals surface area contributed by atoms with Gasteiger partial charge in [0.05, 0.1) is 10.4 Å². The van der Waals surface area contributed by atoms with Gasteiger partial charge in [-0.3, -0.25) is 0 Å². The molecule has 0 N–H and O–H groups in total. The van der Waals surface area contributed by atoms with E-state index in [1.807, 2.05) is 12.5 Å². The van der Waals surface area contributed by atoms with Crippen LogP contribution in [0.1, 0.15) is 78.1 Å². The van der Waals surface area contributed by atoms with E-state index >= 15 is 0 Å². The van der Waals surface area contributed by atoms with Crippen LogP contribution in [0, 0.1) is 5.92 Å². The van der Waals surface area contributed by atoms with Crippen molar-refractivity contribution in [2.75, 3.05) is 11.5 Å². The Balaban J connectivity index is 1.75. The van der Waals surface area contributed by atoms with Gasteiger partial charge in [0, 0.05) is 18.9 Å². The standard InChI is InChI=1S/C20H36N2S2/c1-3-5-6-7-8-9-11-20(23-16-19(4-2)17-24-20)12-10-14-22-15-13-21-18-22/h13,15,18-19H,3-12,14,16-17H2,1-2H3. The quantitative estimate of drug-likeness (QED) is 0.386. The first-order chi connectivity index (χ1) is 11.8. The second-order valence-corrected chi connectivity index (χ2v) is 10.3. The Hall–Kier alpha value is -0.0900. The summed E-state index contributed by atoms with van der Waals surface area (Å²) < 4.78 is 2.72. The Bertz CT molecular complexity index is 411. The molecule has 2 rings (SSSR count). The number of aryl methyl sites for hydroxylation is 1. The molecule has 0 radical (unpaired) electrons. The molecule has 1 aromatic heterocycles. The molecule has 1 aliphatic heterocycles. The van der Waals surface area contributed by atoms with Crippen LogP contribution in [0.15, 0.2) is 18.7 Å². The highest BCUT2D eigenvalue weighted by Crippen LogP contribution is 2.50. The lowest BCUT2D eigenvalue weighted by atomic mass is 10.1. The van der Waals surface area contributed by atoms with Gasteiger partial charge in [0.2, 0.25) is 0 Å². The van der Waals surface area contributed by atoms with Gasteiger partial charge in [-0.05, 0) is 36.7 Å². The summed E-state index contributed by atoms with van der Waals surface area (Å²) in [4.78, 5) is 4.16. The average Bonchev–Trinajstić information content (AvgIpc) is 3.12. The maximum absolute atomic E-state index is 4.16. The van der Waals surface area contributed by atoms with Crippen LogP contribution in [0.4, 0.5) is 0 Å². The zero-order valence-electron chi connectivity index (χ0n) is 15.7. The molecule has 0 aromatic carbocycles. The maximum atomic E-state index is 4.16. The molecule has 1 fully saturated rings. The average molecular weight is 369 g/mol. The third kappa shape index (κ3) is 7.03. The largest absolute Gasteiger partial charge is 0.337 e. The van der Waals surface area contributed by atoms with Crippen LogP contribution in [0.25, 0.3) is 0 Å². The second kappa shape index (κ2) is 11.5. The molecule has 0 unspecified atom stereocenters. The number of imidazole rings is 1. The number of unbranched alkanes of at least 4 members (excludes halogenated alkanes) is 5. The van der Waals surface area contributed by atoms with Crippen molar-refractivity contribution >= 4 is 23.5 Å². The highest BCUT2D eigenvalue weighted by molar-refractivity contribution is 8.18. The zero-order valence-corrected chi connectivity index (χ0v) is 17.3. The molecule has 0 amide bonds. The van der Waals surface area contributed by atoms with Crippen LogP contribution >= 0.6 is 23.5 Å². The van der Waals surface area contributed by atoms with Gasteiger partial charge >= 0.3 is 0 Å². The molecule has 0 aliphatic carbocycles. The van der Waals surface area contributed by atoms with Crippen molar-refractivity contribution in [2.45, 2.75) is 88.7 Å². The first-order valence-electron chi connectivity index (χ1n) is 10.0. The molecule has 2 nitrogen and oxygen atoms in total. The summed E-state index contributed by atoms with van der Waals surface area (Å²) in [5.41, 5.74) is 0. The molecule has 0 spiro atoms. The summed E-state index contributed by atoms with van der Waals surface area (Å²) in [7, 11) is 0. The SMILES string of the molecule is CCCCCCCCC1(CCCn2ccnc2)SCC(CC)CS1. The predicted octanol–water partition coefficient (Wildman–Crippen LogP) is 6.62. The lowest BCUT2D eigenvalue weighted by Crippen LogP contribution is -2.29. The second-order valence-electron chi connectivity index (χ2n) is 7.23. The molecular formula is C20H36N2S2. The molecule has 4 heteroatoms. The van der Waals surface area contributed by atoms with Crippen LogP contribution in [-0.4, -0.2) is 25.1 Å². The first-order valence-corrected chi connectivity index (χ1v) is 12.0. The van der Waals surface area contributed by atoms with Crippen molar-refractivity contribution in [1.29, 1.82) is 0 Å². The smallest absolute Gasteiger partial charge is 0.0945 e. The summed E-state index contributed by atoms with van der Waals surface area (Å²) in [5.74, 6) is 3.70. The fourth-order valence-electron chi connectivity index (χ4n) is 3.40. The molecule has 1 saturated heterocycles. The molecule has 24 heavy (non-hydrogen) atoms.